The molecule has 2 rings (SSSR count). The minimum Gasteiger partial charge on any atom is -0.378 e. The van der Waals surface area contributed by atoms with E-state index >= 15 is 0 Å². The van der Waals surface area contributed by atoms with E-state index in [2.05, 4.69) is 5.32 Å². The Balaban J connectivity index is 1.92. The zero-order chi connectivity index (χ0) is 13.0. The summed E-state index contributed by atoms with van der Waals surface area (Å²) in [6.45, 7) is 1.90. The van der Waals surface area contributed by atoms with Crippen LogP contribution in [0.25, 0.3) is 0 Å². The van der Waals surface area contributed by atoms with Crippen LogP contribution < -0.4 is 5.32 Å². The lowest BCUT2D eigenvalue weighted by molar-refractivity contribution is -0.133. The number of hydrogen-bond acceptors (Lipinski definition) is 3. The molecular formula is C12H14F2N2O2. The molecule has 4 nitrogen and oxygen atoms in total. The van der Waals surface area contributed by atoms with Crippen LogP contribution in [0, 0.1) is 11.6 Å². The van der Waals surface area contributed by atoms with Gasteiger partial charge in [0.1, 0.15) is 17.3 Å². The number of morpholine rings is 1. The van der Waals surface area contributed by atoms with Gasteiger partial charge in [-0.3, -0.25) is 4.79 Å². The van der Waals surface area contributed by atoms with Gasteiger partial charge in [0.05, 0.1) is 19.8 Å². The van der Waals surface area contributed by atoms with Crippen LogP contribution in [0.5, 0.6) is 0 Å². The maximum Gasteiger partial charge on any atom is 0.242 e. The number of nitrogens with zero attached hydrogens (tertiary/aromatic N) is 1. The summed E-state index contributed by atoms with van der Waals surface area (Å²) in [4.78, 5) is 13.4. The van der Waals surface area contributed by atoms with E-state index in [0.717, 1.165) is 12.1 Å². The lowest BCUT2D eigenvalue weighted by atomic mass is 10.3. The summed E-state index contributed by atoms with van der Waals surface area (Å²) in [6, 6.07) is 3.56. The van der Waals surface area contributed by atoms with Crippen LogP contribution in [-0.4, -0.2) is 43.7 Å². The number of para-hydroxylation sites is 1. The Hall–Kier alpha value is -1.69. The van der Waals surface area contributed by atoms with Crippen LogP contribution in [0.4, 0.5) is 14.5 Å². The van der Waals surface area contributed by atoms with Crippen molar-refractivity contribution in [2.75, 3.05) is 38.2 Å². The van der Waals surface area contributed by atoms with E-state index in [9.17, 15) is 13.6 Å². The summed E-state index contributed by atoms with van der Waals surface area (Å²) in [6.07, 6.45) is 0. The van der Waals surface area contributed by atoms with Crippen LogP contribution in [0.15, 0.2) is 18.2 Å². The summed E-state index contributed by atoms with van der Waals surface area (Å²) in [5.41, 5.74) is -0.265. The molecule has 0 unspecified atom stereocenters. The number of rotatable bonds is 3. The summed E-state index contributed by atoms with van der Waals surface area (Å²) in [5.74, 6) is -1.60. The maximum absolute atomic E-state index is 13.3. The molecule has 1 saturated heterocycles. The van der Waals surface area contributed by atoms with Crippen molar-refractivity contribution < 1.29 is 18.3 Å². The Labute approximate surface area is 104 Å². The lowest BCUT2D eigenvalue weighted by Gasteiger charge is -2.27. The molecule has 1 aliphatic heterocycles. The van der Waals surface area contributed by atoms with Crippen LogP contribution in [0.3, 0.4) is 0 Å². The number of ether oxygens (including phenoxy) is 1. The highest BCUT2D eigenvalue weighted by atomic mass is 19.1. The summed E-state index contributed by atoms with van der Waals surface area (Å²) < 4.78 is 31.7. The number of carbonyl (C=O) groups is 1. The highest BCUT2D eigenvalue weighted by molar-refractivity contribution is 5.81. The molecule has 1 fully saturated rings. The van der Waals surface area contributed by atoms with Gasteiger partial charge in [-0.15, -0.1) is 0 Å². The number of carbonyl (C=O) groups excluding carboxylic acids is 1. The van der Waals surface area contributed by atoms with E-state index < -0.39 is 11.6 Å². The first-order valence-electron chi connectivity index (χ1n) is 5.72. The minimum absolute atomic E-state index is 0.127. The van der Waals surface area contributed by atoms with E-state index in [0.29, 0.717) is 26.3 Å². The molecule has 0 spiro atoms. The second-order valence-electron chi connectivity index (χ2n) is 3.94. The minimum atomic E-state index is -0.704. The van der Waals surface area contributed by atoms with Gasteiger partial charge < -0.3 is 15.0 Å². The first-order valence-corrected chi connectivity index (χ1v) is 5.72. The van der Waals surface area contributed by atoms with Crippen molar-refractivity contribution in [3.05, 3.63) is 29.8 Å². The zero-order valence-corrected chi connectivity index (χ0v) is 9.79. The summed E-state index contributed by atoms with van der Waals surface area (Å²) in [5, 5.41) is 2.50. The van der Waals surface area contributed by atoms with Gasteiger partial charge in [0.15, 0.2) is 0 Å². The average Bonchev–Trinajstić information content (AvgIpc) is 2.39. The molecular weight excluding hydrogens is 242 g/mol. The topological polar surface area (TPSA) is 41.6 Å². The van der Waals surface area contributed by atoms with Crippen molar-refractivity contribution in [3.63, 3.8) is 0 Å². The quantitative estimate of drug-likeness (QED) is 0.884. The van der Waals surface area contributed by atoms with Crippen LogP contribution in [0.1, 0.15) is 0 Å². The van der Waals surface area contributed by atoms with Crippen LogP contribution >= 0.6 is 0 Å². The van der Waals surface area contributed by atoms with Crippen molar-refractivity contribution >= 4 is 11.6 Å². The van der Waals surface area contributed by atoms with Gasteiger partial charge in [-0.25, -0.2) is 8.78 Å². The molecule has 0 bridgehead atoms. The molecule has 1 amide bonds. The number of amides is 1. The third-order valence-corrected chi connectivity index (χ3v) is 2.74. The van der Waals surface area contributed by atoms with E-state index in [1.54, 1.807) is 4.90 Å². The van der Waals surface area contributed by atoms with E-state index in [-0.39, 0.29) is 18.1 Å². The lowest BCUT2D eigenvalue weighted by Crippen LogP contribution is -2.43. The van der Waals surface area contributed by atoms with Gasteiger partial charge in [-0.1, -0.05) is 6.07 Å². The number of halogens is 2. The average molecular weight is 256 g/mol. The molecule has 18 heavy (non-hydrogen) atoms. The molecule has 0 radical (unpaired) electrons. The number of anilines is 1. The SMILES string of the molecule is O=C(CNc1c(F)cccc1F)N1CCOCC1. The highest BCUT2D eigenvalue weighted by Gasteiger charge is 2.17. The Bertz CT molecular complexity index is 414. The number of hydrogen-bond donors (Lipinski definition) is 1. The van der Waals surface area contributed by atoms with Crippen molar-refractivity contribution in [1.29, 1.82) is 0 Å². The molecule has 0 aromatic heterocycles. The van der Waals surface area contributed by atoms with Crippen molar-refractivity contribution in [1.82, 2.24) is 4.90 Å². The number of benzene rings is 1. The predicted octanol–water partition coefficient (Wildman–Crippen LogP) is 1.24. The van der Waals surface area contributed by atoms with Crippen molar-refractivity contribution in [3.8, 4) is 0 Å². The smallest absolute Gasteiger partial charge is 0.242 e. The largest absolute Gasteiger partial charge is 0.378 e. The van der Waals surface area contributed by atoms with Gasteiger partial charge in [-0.05, 0) is 12.1 Å². The maximum atomic E-state index is 13.3. The molecule has 1 heterocycles. The Morgan fingerprint density at radius 3 is 2.50 bits per heavy atom. The molecule has 0 atom stereocenters. The standard InChI is InChI=1S/C12H14F2N2O2/c13-9-2-1-3-10(14)12(9)15-8-11(17)16-4-6-18-7-5-16/h1-3,15H,4-8H2. The van der Waals surface area contributed by atoms with Gasteiger partial charge >= 0.3 is 0 Å². The Kier molecular flexibility index (Phi) is 4.09. The van der Waals surface area contributed by atoms with Gasteiger partial charge in [0.25, 0.3) is 0 Å². The van der Waals surface area contributed by atoms with Crippen LogP contribution in [-0.2, 0) is 9.53 Å². The second kappa shape index (κ2) is 5.77. The first-order chi connectivity index (χ1) is 8.68. The molecule has 0 saturated carbocycles. The zero-order valence-electron chi connectivity index (χ0n) is 9.79. The van der Waals surface area contributed by atoms with Gasteiger partial charge in [0, 0.05) is 13.1 Å². The van der Waals surface area contributed by atoms with E-state index in [4.69, 9.17) is 4.74 Å². The third kappa shape index (κ3) is 2.95. The Morgan fingerprint density at radius 2 is 1.89 bits per heavy atom. The monoisotopic (exact) mass is 256 g/mol. The van der Waals surface area contributed by atoms with Gasteiger partial charge in [0.2, 0.25) is 5.91 Å². The van der Waals surface area contributed by atoms with Crippen molar-refractivity contribution in [2.24, 2.45) is 0 Å². The molecule has 0 aliphatic carbocycles. The number of nitrogens with one attached hydrogen (secondary N) is 1. The second-order valence-corrected chi connectivity index (χ2v) is 3.94. The molecule has 6 heteroatoms. The fourth-order valence-corrected chi connectivity index (χ4v) is 1.76. The van der Waals surface area contributed by atoms with Gasteiger partial charge in [-0.2, -0.15) is 0 Å². The molecule has 98 valence electrons. The summed E-state index contributed by atoms with van der Waals surface area (Å²) in [7, 11) is 0. The van der Waals surface area contributed by atoms with E-state index in [1.165, 1.54) is 6.07 Å². The molecule has 1 aromatic carbocycles. The Morgan fingerprint density at radius 1 is 1.28 bits per heavy atom. The molecule has 1 aromatic rings. The molecule has 1 aliphatic rings. The van der Waals surface area contributed by atoms with E-state index in [1.807, 2.05) is 0 Å². The molecule has 1 N–H and O–H groups in total. The third-order valence-electron chi connectivity index (χ3n) is 2.74. The predicted molar refractivity (Wildman–Crippen MR) is 62.2 cm³/mol. The fourth-order valence-electron chi connectivity index (χ4n) is 1.76. The fraction of sp³-hybridized carbons (Fsp3) is 0.417. The van der Waals surface area contributed by atoms with Crippen molar-refractivity contribution in [2.45, 2.75) is 0 Å². The van der Waals surface area contributed by atoms with Crippen LogP contribution in [0.2, 0.25) is 0 Å². The highest BCUT2D eigenvalue weighted by Crippen LogP contribution is 2.17. The summed E-state index contributed by atoms with van der Waals surface area (Å²) >= 11 is 0. The first kappa shape index (κ1) is 12.8. The normalized spacial score (nSPS) is 15.6.